The monoisotopic (exact) mass is 216 g/mol. The van der Waals surface area contributed by atoms with Crippen molar-refractivity contribution in [1.82, 2.24) is 10.3 Å². The van der Waals surface area contributed by atoms with Crippen molar-refractivity contribution in [1.29, 1.82) is 0 Å². The van der Waals surface area contributed by atoms with E-state index in [1.54, 1.807) is 12.4 Å². The highest BCUT2D eigenvalue weighted by Gasteiger charge is 2.26. The minimum atomic E-state index is -3.03. The van der Waals surface area contributed by atoms with E-state index < -0.39 is 19.1 Å². The molecule has 5 heteroatoms. The number of aromatic nitrogens is 1. The number of rotatable bonds is 6. The lowest BCUT2D eigenvalue weighted by Crippen LogP contribution is -2.36. The second-order valence-electron chi connectivity index (χ2n) is 3.30. The average Bonchev–Trinajstić information content (AvgIpc) is 2.26. The van der Waals surface area contributed by atoms with Crippen LogP contribution >= 0.6 is 0 Å². The molecule has 0 saturated carbocycles. The number of nitrogens with one attached hydrogen (secondary N) is 1. The quantitative estimate of drug-likeness (QED) is 0.693. The third-order valence-corrected chi connectivity index (χ3v) is 1.95. The molecule has 0 bridgehead atoms. The van der Waals surface area contributed by atoms with Crippen molar-refractivity contribution >= 4 is 0 Å². The normalized spacial score (nSPS) is 11.7. The van der Waals surface area contributed by atoms with Crippen molar-refractivity contribution in [2.75, 3.05) is 19.7 Å². The Kier molecular flexibility index (Phi) is 4.58. The first-order valence-corrected chi connectivity index (χ1v) is 4.72. The fourth-order valence-electron chi connectivity index (χ4n) is 1.11. The van der Waals surface area contributed by atoms with Gasteiger partial charge in [0, 0.05) is 12.4 Å². The van der Waals surface area contributed by atoms with E-state index in [1.165, 1.54) is 0 Å². The number of hydrogen-bond acceptors (Lipinski definition) is 3. The Bertz CT molecular complexity index is 280. The summed E-state index contributed by atoms with van der Waals surface area (Å²) >= 11 is 0. The summed E-state index contributed by atoms with van der Waals surface area (Å²) < 4.78 is 25.1. The Morgan fingerprint density at radius 1 is 1.33 bits per heavy atom. The van der Waals surface area contributed by atoms with E-state index in [0.717, 1.165) is 5.56 Å². The first-order valence-electron chi connectivity index (χ1n) is 4.72. The molecule has 0 aliphatic heterocycles. The first-order chi connectivity index (χ1) is 7.14. The van der Waals surface area contributed by atoms with Crippen molar-refractivity contribution in [2.45, 2.75) is 12.3 Å². The van der Waals surface area contributed by atoms with Crippen LogP contribution in [0, 0.1) is 0 Å². The minimum Gasteiger partial charge on any atom is -0.390 e. The van der Waals surface area contributed by atoms with Crippen LogP contribution in [0.5, 0.6) is 0 Å². The van der Waals surface area contributed by atoms with Gasteiger partial charge in [-0.25, -0.2) is 8.78 Å². The van der Waals surface area contributed by atoms with Crippen LogP contribution in [0.4, 0.5) is 8.78 Å². The van der Waals surface area contributed by atoms with E-state index in [4.69, 9.17) is 5.11 Å². The Morgan fingerprint density at radius 2 is 2.00 bits per heavy atom. The van der Waals surface area contributed by atoms with Gasteiger partial charge in [0.1, 0.15) is 6.61 Å². The number of hydrogen-bond donors (Lipinski definition) is 2. The summed E-state index contributed by atoms with van der Waals surface area (Å²) in [5.41, 5.74) is 1.05. The van der Waals surface area contributed by atoms with Gasteiger partial charge in [0.05, 0.1) is 6.54 Å². The van der Waals surface area contributed by atoms with Gasteiger partial charge in [-0.15, -0.1) is 0 Å². The number of alkyl halides is 2. The number of aliphatic hydroxyl groups excluding tert-OH is 1. The molecule has 2 N–H and O–H groups in total. The minimum absolute atomic E-state index is 0.458. The number of pyridine rings is 1. The molecule has 1 rings (SSSR count). The van der Waals surface area contributed by atoms with Crippen molar-refractivity contribution in [3.63, 3.8) is 0 Å². The summed E-state index contributed by atoms with van der Waals surface area (Å²) in [6.45, 7) is -1.15. The second kappa shape index (κ2) is 5.72. The number of halogens is 2. The van der Waals surface area contributed by atoms with Crippen LogP contribution in [0.2, 0.25) is 0 Å². The fraction of sp³-hybridized carbons (Fsp3) is 0.500. The predicted molar refractivity (Wildman–Crippen MR) is 52.8 cm³/mol. The van der Waals surface area contributed by atoms with Crippen LogP contribution < -0.4 is 5.32 Å². The molecular formula is C10H14F2N2O. The van der Waals surface area contributed by atoms with Crippen LogP contribution in [-0.4, -0.2) is 35.7 Å². The lowest BCUT2D eigenvalue weighted by atomic mass is 10.2. The largest absolute Gasteiger partial charge is 0.390 e. The molecule has 0 saturated heterocycles. The maximum Gasteiger partial charge on any atom is 0.282 e. The van der Waals surface area contributed by atoms with Crippen LogP contribution in [0.25, 0.3) is 0 Å². The Hall–Kier alpha value is -1.07. The van der Waals surface area contributed by atoms with Gasteiger partial charge >= 0.3 is 0 Å². The maximum absolute atomic E-state index is 12.6. The molecule has 1 heterocycles. The zero-order valence-corrected chi connectivity index (χ0v) is 8.29. The van der Waals surface area contributed by atoms with Gasteiger partial charge in [0.2, 0.25) is 0 Å². The molecule has 84 valence electrons. The van der Waals surface area contributed by atoms with Gasteiger partial charge in [-0.1, -0.05) is 0 Å². The van der Waals surface area contributed by atoms with Crippen molar-refractivity contribution in [2.24, 2.45) is 0 Å². The average molecular weight is 216 g/mol. The summed E-state index contributed by atoms with van der Waals surface area (Å²) in [7, 11) is 0. The SMILES string of the molecule is OCC(F)(F)CNCCc1ccncc1. The number of nitrogens with zero attached hydrogens (tertiary/aromatic N) is 1. The molecule has 0 spiro atoms. The van der Waals surface area contributed by atoms with E-state index in [1.807, 2.05) is 12.1 Å². The highest BCUT2D eigenvalue weighted by molar-refractivity contribution is 5.09. The molecule has 1 aromatic rings. The topological polar surface area (TPSA) is 45.1 Å². The molecule has 15 heavy (non-hydrogen) atoms. The molecule has 0 unspecified atom stereocenters. The van der Waals surface area contributed by atoms with Gasteiger partial charge in [-0.05, 0) is 30.7 Å². The van der Waals surface area contributed by atoms with E-state index in [9.17, 15) is 8.78 Å². The second-order valence-corrected chi connectivity index (χ2v) is 3.30. The summed E-state index contributed by atoms with van der Waals surface area (Å²) in [5, 5.41) is 10.9. The van der Waals surface area contributed by atoms with Crippen LogP contribution in [-0.2, 0) is 6.42 Å². The van der Waals surface area contributed by atoms with E-state index in [2.05, 4.69) is 10.3 Å². The molecule has 0 fully saturated rings. The summed E-state index contributed by atoms with van der Waals surface area (Å²) in [6.07, 6.45) is 4.00. The summed E-state index contributed by atoms with van der Waals surface area (Å²) in [4.78, 5) is 3.85. The van der Waals surface area contributed by atoms with E-state index in [0.29, 0.717) is 13.0 Å². The predicted octanol–water partition coefficient (Wildman–Crippen LogP) is 0.841. The maximum atomic E-state index is 12.6. The fourth-order valence-corrected chi connectivity index (χ4v) is 1.11. The van der Waals surface area contributed by atoms with Crippen molar-refractivity contribution < 1.29 is 13.9 Å². The smallest absolute Gasteiger partial charge is 0.282 e. The van der Waals surface area contributed by atoms with E-state index in [-0.39, 0.29) is 0 Å². The molecular weight excluding hydrogens is 202 g/mol. The molecule has 3 nitrogen and oxygen atoms in total. The van der Waals surface area contributed by atoms with Crippen LogP contribution in [0.1, 0.15) is 5.56 Å². The molecule has 0 aromatic carbocycles. The molecule has 0 radical (unpaired) electrons. The summed E-state index contributed by atoms with van der Waals surface area (Å²) in [6, 6.07) is 3.68. The zero-order chi connectivity index (χ0) is 11.1. The molecule has 0 aliphatic carbocycles. The molecule has 0 amide bonds. The third kappa shape index (κ3) is 4.80. The number of aliphatic hydroxyl groups is 1. The van der Waals surface area contributed by atoms with Gasteiger partial charge < -0.3 is 10.4 Å². The lowest BCUT2D eigenvalue weighted by Gasteiger charge is -2.13. The third-order valence-electron chi connectivity index (χ3n) is 1.95. The van der Waals surface area contributed by atoms with Gasteiger partial charge in [-0.2, -0.15) is 0 Å². The molecule has 1 aromatic heterocycles. The molecule has 0 atom stereocenters. The summed E-state index contributed by atoms with van der Waals surface area (Å²) in [5.74, 6) is -3.03. The Balaban J connectivity index is 2.18. The highest BCUT2D eigenvalue weighted by Crippen LogP contribution is 2.09. The van der Waals surface area contributed by atoms with Crippen molar-refractivity contribution in [3.8, 4) is 0 Å². The zero-order valence-electron chi connectivity index (χ0n) is 8.29. The van der Waals surface area contributed by atoms with Gasteiger partial charge in [-0.3, -0.25) is 4.98 Å². The lowest BCUT2D eigenvalue weighted by molar-refractivity contribution is -0.0473. The van der Waals surface area contributed by atoms with Crippen molar-refractivity contribution in [3.05, 3.63) is 30.1 Å². The highest BCUT2D eigenvalue weighted by atomic mass is 19.3. The van der Waals surface area contributed by atoms with Crippen LogP contribution in [0.3, 0.4) is 0 Å². The van der Waals surface area contributed by atoms with Gasteiger partial charge in [0.15, 0.2) is 0 Å². The Labute approximate surface area is 87.2 Å². The van der Waals surface area contributed by atoms with Crippen LogP contribution in [0.15, 0.2) is 24.5 Å². The standard InChI is InChI=1S/C10H14F2N2O/c11-10(12,8-15)7-14-6-3-9-1-4-13-5-2-9/h1-2,4-5,14-15H,3,6-8H2. The Morgan fingerprint density at radius 3 is 2.60 bits per heavy atom. The van der Waals surface area contributed by atoms with E-state index >= 15 is 0 Å². The van der Waals surface area contributed by atoms with Gasteiger partial charge in [0.25, 0.3) is 5.92 Å². The molecule has 0 aliphatic rings. The first kappa shape index (κ1) is 12.0.